The van der Waals surface area contributed by atoms with Crippen molar-refractivity contribution in [1.29, 1.82) is 0 Å². The third-order valence-electron chi connectivity index (χ3n) is 1.77. The molecular formula is C9H10AcO2. The molecule has 0 unspecified atom stereocenters. The molecule has 0 amide bonds. The minimum atomic E-state index is 0. The van der Waals surface area contributed by atoms with Gasteiger partial charge in [-0.1, -0.05) is 0 Å². The number of phenolic OH excluding ortho intramolecular Hbond substituents is 1. The first-order valence-corrected chi connectivity index (χ1v) is 3.40. The number of aromatic hydroxyl groups is 1. The molecule has 0 aromatic heterocycles. The molecule has 0 saturated carbocycles. The summed E-state index contributed by atoms with van der Waals surface area (Å²) in [6, 6.07) is 3.27. The zero-order chi connectivity index (χ0) is 8.43. The Hall–Kier alpha value is 0.132. The monoisotopic (exact) mass is 377 g/mol. The van der Waals surface area contributed by atoms with Gasteiger partial charge in [0.15, 0.2) is 6.29 Å². The molecule has 3 heteroatoms. The molecule has 12 heavy (non-hydrogen) atoms. The van der Waals surface area contributed by atoms with Gasteiger partial charge in [0.2, 0.25) is 0 Å². The van der Waals surface area contributed by atoms with E-state index in [9.17, 15) is 9.90 Å². The van der Waals surface area contributed by atoms with E-state index in [1.54, 1.807) is 12.1 Å². The van der Waals surface area contributed by atoms with Crippen LogP contribution in [0.2, 0.25) is 0 Å². The van der Waals surface area contributed by atoms with E-state index in [0.29, 0.717) is 11.8 Å². The van der Waals surface area contributed by atoms with Gasteiger partial charge < -0.3 is 5.11 Å². The van der Waals surface area contributed by atoms with Crippen LogP contribution in [-0.2, 0) is 0 Å². The van der Waals surface area contributed by atoms with Gasteiger partial charge in [-0.15, -0.1) is 0 Å². The summed E-state index contributed by atoms with van der Waals surface area (Å²) in [4.78, 5) is 10.3. The first-order valence-electron chi connectivity index (χ1n) is 3.40. The van der Waals surface area contributed by atoms with Crippen LogP contribution in [0, 0.1) is 57.9 Å². The van der Waals surface area contributed by atoms with Crippen molar-refractivity contribution in [3.8, 4) is 5.75 Å². The zero-order valence-electron chi connectivity index (χ0n) is 7.16. The van der Waals surface area contributed by atoms with Crippen LogP contribution in [-0.4, -0.2) is 11.4 Å². The number of benzene rings is 1. The maximum atomic E-state index is 10.3. The van der Waals surface area contributed by atoms with Crippen LogP contribution in [0.3, 0.4) is 0 Å². The molecular weight excluding hydrogens is 367 g/mol. The number of hydrogen-bond donors (Lipinski definition) is 1. The second kappa shape index (κ2) is 4.99. The first kappa shape index (κ1) is 12.1. The van der Waals surface area contributed by atoms with E-state index < -0.39 is 0 Å². The van der Waals surface area contributed by atoms with E-state index in [1.165, 1.54) is 0 Å². The summed E-state index contributed by atoms with van der Waals surface area (Å²) in [7, 11) is 0. The second-order valence-corrected chi connectivity index (χ2v) is 2.61. The standard InChI is InChI=1S/C9H10O2.Ac/c1-6-3-8(5-10)9(11)4-7(6)2;/h3-5,11H,1-2H3;. The molecule has 0 aliphatic heterocycles. The SMILES string of the molecule is Cc1cc(O)c(C=O)cc1C.[Ac]. The third-order valence-corrected chi connectivity index (χ3v) is 1.77. The molecule has 0 saturated heterocycles. The van der Waals surface area contributed by atoms with E-state index in [0.717, 1.165) is 11.1 Å². The van der Waals surface area contributed by atoms with Crippen LogP contribution >= 0.6 is 0 Å². The van der Waals surface area contributed by atoms with Crippen molar-refractivity contribution in [3.05, 3.63) is 28.8 Å². The van der Waals surface area contributed by atoms with Crippen LogP contribution < -0.4 is 0 Å². The van der Waals surface area contributed by atoms with Crippen molar-refractivity contribution in [2.45, 2.75) is 13.8 Å². The maximum Gasteiger partial charge on any atom is 0.153 e. The molecule has 0 aliphatic carbocycles. The quantitative estimate of drug-likeness (QED) is 0.759. The summed E-state index contributed by atoms with van der Waals surface area (Å²) >= 11 is 0. The summed E-state index contributed by atoms with van der Waals surface area (Å²) in [6.07, 6.45) is 0.655. The van der Waals surface area contributed by atoms with Crippen molar-refractivity contribution in [2.75, 3.05) is 0 Å². The minimum Gasteiger partial charge on any atom is -0.507 e. The predicted octanol–water partition coefficient (Wildman–Crippen LogP) is 1.82. The molecule has 1 aromatic carbocycles. The Morgan fingerprint density at radius 3 is 2.25 bits per heavy atom. The smallest absolute Gasteiger partial charge is 0.153 e. The number of aryl methyl sites for hydroxylation is 2. The molecule has 0 spiro atoms. The van der Waals surface area contributed by atoms with Crippen molar-refractivity contribution in [1.82, 2.24) is 0 Å². The van der Waals surface area contributed by atoms with E-state index in [2.05, 4.69) is 0 Å². The van der Waals surface area contributed by atoms with Crippen LogP contribution in [0.1, 0.15) is 21.5 Å². The van der Waals surface area contributed by atoms with Crippen LogP contribution in [0.5, 0.6) is 5.75 Å². The number of aldehydes is 1. The van der Waals surface area contributed by atoms with E-state index >= 15 is 0 Å². The second-order valence-electron chi connectivity index (χ2n) is 2.61. The number of hydrogen-bond acceptors (Lipinski definition) is 2. The normalized spacial score (nSPS) is 8.83. The Balaban J connectivity index is 0.00000121. The Labute approximate surface area is 108 Å². The van der Waals surface area contributed by atoms with Gasteiger partial charge in [0.05, 0.1) is 5.56 Å². The molecule has 1 rings (SSSR count). The van der Waals surface area contributed by atoms with Crippen molar-refractivity contribution in [3.63, 3.8) is 0 Å². The summed E-state index contributed by atoms with van der Waals surface area (Å²) in [5, 5.41) is 9.18. The molecule has 0 fully saturated rings. The summed E-state index contributed by atoms with van der Waals surface area (Å²) in [5.74, 6) is 0.0584. The predicted molar refractivity (Wildman–Crippen MR) is 43.0 cm³/mol. The number of carbonyl (C=O) groups is 1. The fraction of sp³-hybridized carbons (Fsp3) is 0.222. The molecule has 1 aromatic rings. The number of rotatable bonds is 1. The van der Waals surface area contributed by atoms with Gasteiger partial charge in [-0.25, -0.2) is 0 Å². The Morgan fingerprint density at radius 1 is 1.25 bits per heavy atom. The van der Waals surface area contributed by atoms with Gasteiger partial charge in [0.25, 0.3) is 0 Å². The molecule has 1 N–H and O–H groups in total. The minimum absolute atomic E-state index is 0. The van der Waals surface area contributed by atoms with Crippen LogP contribution in [0.15, 0.2) is 12.1 Å². The first-order chi connectivity index (χ1) is 5.15. The van der Waals surface area contributed by atoms with Crippen LogP contribution in [0.25, 0.3) is 0 Å². The summed E-state index contributed by atoms with van der Waals surface area (Å²) < 4.78 is 0. The van der Waals surface area contributed by atoms with Crippen molar-refractivity contribution in [2.24, 2.45) is 0 Å². The number of carbonyl (C=O) groups excluding carboxylic acids is 1. The van der Waals surface area contributed by atoms with Gasteiger partial charge in [-0.3, -0.25) is 4.79 Å². The molecule has 0 heterocycles. The van der Waals surface area contributed by atoms with Gasteiger partial charge in [0.1, 0.15) is 5.75 Å². The van der Waals surface area contributed by atoms with Gasteiger partial charge in [-0.05, 0) is 37.1 Å². The average molecular weight is 377 g/mol. The van der Waals surface area contributed by atoms with Gasteiger partial charge in [-0.2, -0.15) is 0 Å². The molecule has 1 radical (unpaired) electrons. The largest absolute Gasteiger partial charge is 0.507 e. The molecule has 0 aliphatic rings. The third kappa shape index (κ3) is 2.57. The fourth-order valence-electron chi connectivity index (χ4n) is 0.918. The molecule has 61 valence electrons. The Morgan fingerprint density at radius 2 is 1.75 bits per heavy atom. The summed E-state index contributed by atoms with van der Waals surface area (Å²) in [6.45, 7) is 3.80. The van der Waals surface area contributed by atoms with E-state index in [1.807, 2.05) is 13.8 Å². The van der Waals surface area contributed by atoms with Crippen molar-refractivity contribution >= 4 is 6.29 Å². The van der Waals surface area contributed by atoms with E-state index in [4.69, 9.17) is 0 Å². The summed E-state index contributed by atoms with van der Waals surface area (Å²) in [5.41, 5.74) is 2.37. The fourth-order valence-corrected chi connectivity index (χ4v) is 0.918. The zero-order valence-corrected chi connectivity index (χ0v) is 11.9. The average Bonchev–Trinajstić information content (AvgIpc) is 1.97. The molecule has 0 atom stereocenters. The molecule has 0 bridgehead atoms. The van der Waals surface area contributed by atoms with Crippen LogP contribution in [0.4, 0.5) is 0 Å². The van der Waals surface area contributed by atoms with Gasteiger partial charge in [0, 0.05) is 44.1 Å². The Kier molecular flexibility index (Phi) is 5.05. The topological polar surface area (TPSA) is 37.3 Å². The Bertz CT molecular complexity index is 295. The maximum absolute atomic E-state index is 10.3. The molecule has 2 nitrogen and oxygen atoms in total. The number of phenols is 1. The van der Waals surface area contributed by atoms with Gasteiger partial charge >= 0.3 is 0 Å². The van der Waals surface area contributed by atoms with Crippen molar-refractivity contribution < 1.29 is 54.0 Å². The van der Waals surface area contributed by atoms with E-state index in [-0.39, 0.29) is 49.8 Å².